The third-order valence-corrected chi connectivity index (χ3v) is 4.60. The highest BCUT2D eigenvalue weighted by Crippen LogP contribution is 2.34. The van der Waals surface area contributed by atoms with E-state index in [9.17, 15) is 24.5 Å². The van der Waals surface area contributed by atoms with Crippen LogP contribution in [0.1, 0.15) is 32.3 Å². The van der Waals surface area contributed by atoms with Gasteiger partial charge in [0.05, 0.1) is 19.1 Å². The molecule has 0 saturated heterocycles. The molecule has 2 aromatic rings. The second kappa shape index (κ2) is 9.82. The van der Waals surface area contributed by atoms with Crippen LogP contribution in [-0.2, 0) is 23.9 Å². The fourth-order valence-electron chi connectivity index (χ4n) is 3.39. The highest BCUT2D eigenvalue weighted by atomic mass is 16.6. The number of benzene rings is 2. The standard InChI is InChI=1S/C21H24N2O7/c1-4-29-19(25)21(22-14(3)24,20(26)30-5-2)18(13-23(27)28)17-11-10-15-8-6-7-9-16(15)12-17/h6-12,18H,4-5,13H2,1-3H3,(H,22,24). The highest BCUT2D eigenvalue weighted by Gasteiger charge is 2.58. The van der Waals surface area contributed by atoms with Crippen molar-refractivity contribution in [1.82, 2.24) is 5.32 Å². The van der Waals surface area contributed by atoms with Crippen LogP contribution in [0.2, 0.25) is 0 Å². The molecule has 1 amide bonds. The van der Waals surface area contributed by atoms with Crippen LogP contribution < -0.4 is 5.32 Å². The minimum Gasteiger partial charge on any atom is -0.464 e. The Kier molecular flexibility index (Phi) is 7.46. The minimum absolute atomic E-state index is 0.0948. The maximum absolute atomic E-state index is 13.0. The molecule has 0 heterocycles. The average molecular weight is 416 g/mol. The molecule has 9 nitrogen and oxygen atoms in total. The maximum Gasteiger partial charge on any atom is 0.344 e. The SMILES string of the molecule is CCOC(=O)C(NC(C)=O)(C(=O)OCC)C(C[N+](=O)[O-])c1ccc2ccccc2c1. The normalized spacial score (nSPS) is 12.1. The predicted molar refractivity (Wildman–Crippen MR) is 108 cm³/mol. The molecule has 0 spiro atoms. The van der Waals surface area contributed by atoms with Crippen molar-refractivity contribution in [2.24, 2.45) is 0 Å². The number of esters is 2. The molecule has 0 aliphatic carbocycles. The van der Waals surface area contributed by atoms with Crippen LogP contribution in [0.5, 0.6) is 0 Å². The monoisotopic (exact) mass is 416 g/mol. The van der Waals surface area contributed by atoms with E-state index in [2.05, 4.69) is 5.32 Å². The Bertz CT molecular complexity index is 939. The number of carbonyl (C=O) groups excluding carboxylic acids is 3. The molecule has 1 N–H and O–H groups in total. The van der Waals surface area contributed by atoms with Crippen molar-refractivity contribution in [2.75, 3.05) is 19.8 Å². The van der Waals surface area contributed by atoms with Gasteiger partial charge in [-0.3, -0.25) is 14.9 Å². The number of hydrogen-bond donors (Lipinski definition) is 1. The van der Waals surface area contributed by atoms with Gasteiger partial charge < -0.3 is 14.8 Å². The molecule has 0 aliphatic rings. The average Bonchev–Trinajstić information content (AvgIpc) is 2.70. The van der Waals surface area contributed by atoms with E-state index in [1.807, 2.05) is 12.1 Å². The van der Waals surface area contributed by atoms with Crippen LogP contribution in [0.3, 0.4) is 0 Å². The zero-order valence-corrected chi connectivity index (χ0v) is 17.0. The molecule has 9 heteroatoms. The molecular weight excluding hydrogens is 392 g/mol. The zero-order valence-electron chi connectivity index (χ0n) is 17.0. The summed E-state index contributed by atoms with van der Waals surface area (Å²) in [5, 5.41) is 15.5. The van der Waals surface area contributed by atoms with Crippen LogP contribution >= 0.6 is 0 Å². The van der Waals surface area contributed by atoms with Crippen molar-refractivity contribution < 1.29 is 28.8 Å². The Hall–Kier alpha value is -3.49. The van der Waals surface area contributed by atoms with E-state index >= 15 is 0 Å². The summed E-state index contributed by atoms with van der Waals surface area (Å²) in [5.74, 6) is -4.32. The lowest BCUT2D eigenvalue weighted by molar-refractivity contribution is -0.484. The predicted octanol–water partition coefficient (Wildman–Crippen LogP) is 2.20. The van der Waals surface area contributed by atoms with Gasteiger partial charge in [0.1, 0.15) is 0 Å². The van der Waals surface area contributed by atoms with Crippen LogP contribution in [0.4, 0.5) is 0 Å². The van der Waals surface area contributed by atoms with E-state index in [4.69, 9.17) is 9.47 Å². The van der Waals surface area contributed by atoms with Gasteiger partial charge in [-0.15, -0.1) is 0 Å². The molecular formula is C21H24N2O7. The number of ether oxygens (including phenoxy) is 2. The summed E-state index contributed by atoms with van der Waals surface area (Å²) >= 11 is 0. The Balaban J connectivity index is 2.77. The summed E-state index contributed by atoms with van der Waals surface area (Å²) in [6, 6.07) is 12.3. The van der Waals surface area contributed by atoms with Gasteiger partial charge in [0.2, 0.25) is 18.0 Å². The fraction of sp³-hybridized carbons (Fsp3) is 0.381. The van der Waals surface area contributed by atoms with Crippen LogP contribution in [0, 0.1) is 10.1 Å². The molecule has 0 aromatic heterocycles. The van der Waals surface area contributed by atoms with E-state index in [1.165, 1.54) is 13.8 Å². The number of rotatable bonds is 9. The number of amides is 1. The van der Waals surface area contributed by atoms with E-state index < -0.39 is 40.8 Å². The maximum atomic E-state index is 13.0. The summed E-state index contributed by atoms with van der Waals surface area (Å²) in [4.78, 5) is 48.9. The lowest BCUT2D eigenvalue weighted by atomic mass is 9.78. The first-order valence-electron chi connectivity index (χ1n) is 9.49. The Morgan fingerprint density at radius 2 is 1.60 bits per heavy atom. The molecule has 1 atom stereocenters. The van der Waals surface area contributed by atoms with Crippen molar-refractivity contribution in [1.29, 1.82) is 0 Å². The molecule has 1 unspecified atom stereocenters. The van der Waals surface area contributed by atoms with Crippen molar-refractivity contribution in [3.05, 3.63) is 58.1 Å². The molecule has 0 fully saturated rings. The van der Waals surface area contributed by atoms with Gasteiger partial charge in [-0.2, -0.15) is 0 Å². The van der Waals surface area contributed by atoms with Crippen molar-refractivity contribution in [3.8, 4) is 0 Å². The highest BCUT2D eigenvalue weighted by molar-refractivity contribution is 6.09. The van der Waals surface area contributed by atoms with Gasteiger partial charge in [0.25, 0.3) is 0 Å². The fourth-order valence-corrected chi connectivity index (χ4v) is 3.39. The van der Waals surface area contributed by atoms with Crippen molar-refractivity contribution in [3.63, 3.8) is 0 Å². The van der Waals surface area contributed by atoms with E-state index in [1.54, 1.807) is 30.3 Å². The quantitative estimate of drug-likeness (QED) is 0.287. The van der Waals surface area contributed by atoms with Crippen LogP contribution in [0.25, 0.3) is 10.8 Å². The number of hydrogen-bond acceptors (Lipinski definition) is 7. The summed E-state index contributed by atoms with van der Waals surface area (Å²) in [6.07, 6.45) is 0. The second-order valence-electron chi connectivity index (χ2n) is 6.60. The van der Waals surface area contributed by atoms with E-state index in [-0.39, 0.29) is 13.2 Å². The van der Waals surface area contributed by atoms with Gasteiger partial charge in [0, 0.05) is 11.8 Å². The first-order chi connectivity index (χ1) is 14.3. The Labute approximate surface area is 173 Å². The minimum atomic E-state index is -2.41. The topological polar surface area (TPSA) is 125 Å². The molecule has 0 bridgehead atoms. The summed E-state index contributed by atoms with van der Waals surface area (Å²) in [7, 11) is 0. The van der Waals surface area contributed by atoms with Gasteiger partial charge in [-0.05, 0) is 30.2 Å². The third kappa shape index (κ3) is 4.73. The number of fused-ring (bicyclic) bond motifs is 1. The van der Waals surface area contributed by atoms with Crippen molar-refractivity contribution >= 4 is 28.6 Å². The summed E-state index contributed by atoms with van der Waals surface area (Å²) in [5.41, 5.74) is -2.09. The number of nitrogens with one attached hydrogen (secondary N) is 1. The van der Waals surface area contributed by atoms with Crippen molar-refractivity contribution in [2.45, 2.75) is 32.2 Å². The molecule has 30 heavy (non-hydrogen) atoms. The first kappa shape index (κ1) is 22.8. The van der Waals surface area contributed by atoms with Gasteiger partial charge in [-0.1, -0.05) is 42.5 Å². The summed E-state index contributed by atoms with van der Waals surface area (Å²) in [6.45, 7) is 3.16. The number of carbonyl (C=O) groups is 3. The van der Waals surface area contributed by atoms with E-state index in [0.29, 0.717) is 5.56 Å². The Morgan fingerprint density at radius 3 is 2.10 bits per heavy atom. The largest absolute Gasteiger partial charge is 0.464 e. The van der Waals surface area contributed by atoms with Gasteiger partial charge in [-0.25, -0.2) is 9.59 Å². The lowest BCUT2D eigenvalue weighted by Crippen LogP contribution is -2.65. The van der Waals surface area contributed by atoms with Crippen LogP contribution in [-0.4, -0.2) is 48.1 Å². The third-order valence-electron chi connectivity index (χ3n) is 4.60. The first-order valence-corrected chi connectivity index (χ1v) is 9.49. The van der Waals surface area contributed by atoms with Gasteiger partial charge in [0.15, 0.2) is 0 Å². The molecule has 160 valence electrons. The van der Waals surface area contributed by atoms with Crippen LogP contribution in [0.15, 0.2) is 42.5 Å². The molecule has 0 radical (unpaired) electrons. The molecule has 0 saturated carbocycles. The Morgan fingerprint density at radius 1 is 1.03 bits per heavy atom. The summed E-state index contributed by atoms with van der Waals surface area (Å²) < 4.78 is 10.1. The zero-order chi connectivity index (χ0) is 22.3. The molecule has 2 aromatic carbocycles. The smallest absolute Gasteiger partial charge is 0.344 e. The molecule has 0 aliphatic heterocycles. The number of nitro groups is 1. The lowest BCUT2D eigenvalue weighted by Gasteiger charge is -2.35. The second-order valence-corrected chi connectivity index (χ2v) is 6.60. The van der Waals surface area contributed by atoms with Gasteiger partial charge >= 0.3 is 11.9 Å². The number of nitrogens with zero attached hydrogens (tertiary/aromatic N) is 1. The van der Waals surface area contributed by atoms with E-state index in [0.717, 1.165) is 17.7 Å². The molecule has 2 rings (SSSR count).